The first-order chi connectivity index (χ1) is 11.0. The highest BCUT2D eigenvalue weighted by atomic mass is 32.2. The van der Waals surface area contributed by atoms with Gasteiger partial charge in [-0.2, -0.15) is 5.10 Å². The summed E-state index contributed by atoms with van der Waals surface area (Å²) in [4.78, 5) is 22.2. The third-order valence-corrected chi connectivity index (χ3v) is 5.33. The van der Waals surface area contributed by atoms with Crippen molar-refractivity contribution in [3.05, 3.63) is 35.2 Å². The molecule has 3 rings (SSSR count). The summed E-state index contributed by atoms with van der Waals surface area (Å²) in [5, 5.41) is 24.0. The van der Waals surface area contributed by atoms with Crippen molar-refractivity contribution in [3.8, 4) is 0 Å². The minimum atomic E-state index is -1.26. The van der Waals surface area contributed by atoms with Gasteiger partial charge in [0.2, 0.25) is 5.91 Å². The number of thioether (sulfide) groups is 1. The monoisotopic (exact) mass is 346 g/mol. The average Bonchev–Trinajstić information content (AvgIpc) is 3.08. The topological polar surface area (TPSA) is 94.0 Å². The summed E-state index contributed by atoms with van der Waals surface area (Å²) in [5.74, 6) is -1.64. The smallest absolute Gasteiger partial charge is 0.239 e. The molecule has 23 heavy (non-hydrogen) atoms. The van der Waals surface area contributed by atoms with Crippen molar-refractivity contribution >= 4 is 55.9 Å². The van der Waals surface area contributed by atoms with Crippen LogP contribution in [-0.2, 0) is 9.59 Å². The van der Waals surface area contributed by atoms with E-state index in [2.05, 4.69) is 15.5 Å². The van der Waals surface area contributed by atoms with E-state index < -0.39 is 11.2 Å². The number of benzene rings is 1. The maximum atomic E-state index is 11.6. The molecule has 0 unspecified atom stereocenters. The molecule has 1 aromatic carbocycles. The lowest BCUT2D eigenvalue weighted by Gasteiger charge is -2.04. The molecule has 0 radical (unpaired) electrons. The fourth-order valence-electron chi connectivity index (χ4n) is 2.17. The normalized spacial score (nSPS) is 20.2. The standard InChI is InChI=1S/C15H13N3O3S2/c1-8(10-7-22-11-5-3-2-4-9(10)11)17-18-15-16-14(21)12(23-15)6-13(19)20/h2-5,7,12H,6H2,1H3,(H,19,20)(H,16,18,21)/p-1/t12-/m1/s1. The lowest BCUT2D eigenvalue weighted by molar-refractivity contribution is -0.305. The van der Waals surface area contributed by atoms with Gasteiger partial charge in [-0.15, -0.1) is 16.4 Å². The summed E-state index contributed by atoms with van der Waals surface area (Å²) < 4.78 is 1.17. The van der Waals surface area contributed by atoms with Crippen molar-refractivity contribution in [2.75, 3.05) is 0 Å². The molecule has 1 atom stereocenters. The zero-order chi connectivity index (χ0) is 16.4. The number of nitrogens with one attached hydrogen (secondary N) is 1. The number of carbonyl (C=O) groups excluding carboxylic acids is 2. The zero-order valence-electron chi connectivity index (χ0n) is 12.1. The fraction of sp³-hybridized carbons (Fsp3) is 0.200. The van der Waals surface area contributed by atoms with Gasteiger partial charge in [0.15, 0.2) is 5.17 Å². The first-order valence-electron chi connectivity index (χ1n) is 6.81. The summed E-state index contributed by atoms with van der Waals surface area (Å²) in [6.45, 7) is 1.85. The van der Waals surface area contributed by atoms with E-state index in [0.717, 1.165) is 28.4 Å². The Morgan fingerprint density at radius 3 is 2.96 bits per heavy atom. The van der Waals surface area contributed by atoms with Crippen molar-refractivity contribution in [2.45, 2.75) is 18.6 Å². The summed E-state index contributed by atoms with van der Waals surface area (Å²) in [7, 11) is 0. The highest BCUT2D eigenvalue weighted by Gasteiger charge is 2.30. The second-order valence-corrected chi connectivity index (χ2v) is 7.01. The molecule has 1 amide bonds. The van der Waals surface area contributed by atoms with Gasteiger partial charge in [0.1, 0.15) is 0 Å². The Kier molecular flexibility index (Phi) is 4.44. The lowest BCUT2D eigenvalue weighted by atomic mass is 10.1. The van der Waals surface area contributed by atoms with Crippen LogP contribution in [0.1, 0.15) is 18.9 Å². The fourth-order valence-corrected chi connectivity index (χ4v) is 4.08. The molecule has 2 aromatic rings. The molecule has 1 aliphatic rings. The van der Waals surface area contributed by atoms with E-state index in [0.29, 0.717) is 5.17 Å². The number of fused-ring (bicyclic) bond motifs is 1. The number of amidine groups is 1. The van der Waals surface area contributed by atoms with E-state index in [1.54, 1.807) is 11.3 Å². The van der Waals surface area contributed by atoms with E-state index in [9.17, 15) is 14.7 Å². The summed E-state index contributed by atoms with van der Waals surface area (Å²) in [6.07, 6.45) is -0.340. The molecule has 0 aliphatic carbocycles. The molecule has 1 fully saturated rings. The SMILES string of the molecule is CC(=N/N=C1\NC(=O)[C@@H](CC(=O)[O-])S1)c1csc2ccccc12. The van der Waals surface area contributed by atoms with Gasteiger partial charge in [-0.3, -0.25) is 4.79 Å². The van der Waals surface area contributed by atoms with Crippen molar-refractivity contribution in [1.29, 1.82) is 0 Å². The highest BCUT2D eigenvalue weighted by Crippen LogP contribution is 2.26. The molecule has 1 aliphatic heterocycles. The number of rotatable bonds is 4. The van der Waals surface area contributed by atoms with Crippen LogP contribution in [0.15, 0.2) is 39.8 Å². The highest BCUT2D eigenvalue weighted by molar-refractivity contribution is 8.15. The number of carboxylic acid groups (broad SMARTS) is 1. The molecular formula is C15H12N3O3S2-. The van der Waals surface area contributed by atoms with Gasteiger partial charge in [-0.05, 0) is 13.0 Å². The van der Waals surface area contributed by atoms with Gasteiger partial charge in [0, 0.05) is 33.4 Å². The third-order valence-electron chi connectivity index (χ3n) is 3.29. The third kappa shape index (κ3) is 3.43. The Balaban J connectivity index is 1.79. The van der Waals surface area contributed by atoms with Crippen LogP contribution in [0.25, 0.3) is 10.1 Å². The molecule has 2 heterocycles. The van der Waals surface area contributed by atoms with Crippen LogP contribution in [0.4, 0.5) is 0 Å². The van der Waals surface area contributed by atoms with Crippen LogP contribution in [0.3, 0.4) is 0 Å². The second kappa shape index (κ2) is 6.51. The van der Waals surface area contributed by atoms with Crippen molar-refractivity contribution < 1.29 is 14.7 Å². The van der Waals surface area contributed by atoms with E-state index in [1.165, 1.54) is 4.70 Å². The van der Waals surface area contributed by atoms with Gasteiger partial charge >= 0.3 is 0 Å². The molecule has 0 bridgehead atoms. The molecule has 118 valence electrons. The Morgan fingerprint density at radius 2 is 2.17 bits per heavy atom. The second-order valence-electron chi connectivity index (χ2n) is 4.91. The molecule has 1 N–H and O–H groups in total. The Labute approximate surface area is 140 Å². The molecular weight excluding hydrogens is 334 g/mol. The van der Waals surface area contributed by atoms with E-state index in [4.69, 9.17) is 0 Å². The first-order valence-corrected chi connectivity index (χ1v) is 8.57. The first kappa shape index (κ1) is 15.7. The Bertz CT molecular complexity index is 841. The largest absolute Gasteiger partial charge is 0.550 e. The number of hydrogen-bond donors (Lipinski definition) is 1. The number of amides is 1. The zero-order valence-corrected chi connectivity index (χ0v) is 13.7. The van der Waals surface area contributed by atoms with Crippen LogP contribution < -0.4 is 10.4 Å². The van der Waals surface area contributed by atoms with Crippen LogP contribution in [0, 0.1) is 0 Å². The van der Waals surface area contributed by atoms with Gasteiger partial charge in [0.05, 0.1) is 11.0 Å². The predicted octanol–water partition coefficient (Wildman–Crippen LogP) is 1.35. The maximum Gasteiger partial charge on any atom is 0.239 e. The lowest BCUT2D eigenvalue weighted by Crippen LogP contribution is -2.31. The van der Waals surface area contributed by atoms with Crippen LogP contribution in [-0.4, -0.2) is 28.0 Å². The van der Waals surface area contributed by atoms with Crippen LogP contribution >= 0.6 is 23.1 Å². The number of carboxylic acids is 1. The number of hydrogen-bond acceptors (Lipinski definition) is 7. The molecule has 6 nitrogen and oxygen atoms in total. The number of nitrogens with zero attached hydrogens (tertiary/aromatic N) is 2. The molecule has 0 spiro atoms. The summed E-state index contributed by atoms with van der Waals surface area (Å²) in [5.41, 5.74) is 1.73. The summed E-state index contributed by atoms with van der Waals surface area (Å²) in [6, 6.07) is 8.02. The van der Waals surface area contributed by atoms with Gasteiger partial charge in [-0.1, -0.05) is 30.0 Å². The predicted molar refractivity (Wildman–Crippen MR) is 90.6 cm³/mol. The maximum absolute atomic E-state index is 11.6. The minimum Gasteiger partial charge on any atom is -0.550 e. The van der Waals surface area contributed by atoms with E-state index in [-0.39, 0.29) is 12.3 Å². The van der Waals surface area contributed by atoms with Crippen molar-refractivity contribution in [3.63, 3.8) is 0 Å². The van der Waals surface area contributed by atoms with Gasteiger partial charge in [0.25, 0.3) is 0 Å². The van der Waals surface area contributed by atoms with Gasteiger partial charge < -0.3 is 15.2 Å². The molecule has 8 heteroatoms. The van der Waals surface area contributed by atoms with Gasteiger partial charge in [-0.25, -0.2) is 0 Å². The van der Waals surface area contributed by atoms with Crippen molar-refractivity contribution in [1.82, 2.24) is 5.32 Å². The van der Waals surface area contributed by atoms with Crippen LogP contribution in [0.5, 0.6) is 0 Å². The van der Waals surface area contributed by atoms with E-state index in [1.807, 2.05) is 36.6 Å². The number of carbonyl (C=O) groups is 2. The van der Waals surface area contributed by atoms with Crippen LogP contribution in [0.2, 0.25) is 0 Å². The molecule has 0 saturated carbocycles. The summed E-state index contributed by atoms with van der Waals surface area (Å²) >= 11 is 2.69. The molecule has 1 aromatic heterocycles. The average molecular weight is 346 g/mol. The molecule has 1 saturated heterocycles. The minimum absolute atomic E-state index is 0.306. The Morgan fingerprint density at radius 1 is 1.39 bits per heavy atom. The quantitative estimate of drug-likeness (QED) is 0.668. The number of thiophene rings is 1. The number of aliphatic carboxylic acids is 1. The van der Waals surface area contributed by atoms with Crippen molar-refractivity contribution in [2.24, 2.45) is 10.2 Å². The van der Waals surface area contributed by atoms with E-state index >= 15 is 0 Å². The Hall–Kier alpha value is -2.19.